The van der Waals surface area contributed by atoms with Crippen molar-refractivity contribution in [2.75, 3.05) is 26.7 Å². The van der Waals surface area contributed by atoms with Gasteiger partial charge in [0.1, 0.15) is 12.2 Å². The Morgan fingerprint density at radius 2 is 0.878 bits per heavy atom. The summed E-state index contributed by atoms with van der Waals surface area (Å²) in [6, 6.07) is 0. The molecular weight excluding hydrogens is 614 g/mol. The predicted molar refractivity (Wildman–Crippen MR) is 208 cm³/mol. The number of hydrogen-bond acceptors (Lipinski definition) is 7. The Bertz CT molecular complexity index is 690. The highest BCUT2D eigenvalue weighted by molar-refractivity contribution is 5.69. The molecule has 0 aromatic rings. The molecule has 0 aromatic heterocycles. The van der Waals surface area contributed by atoms with Gasteiger partial charge >= 0.3 is 11.9 Å². The highest BCUT2D eigenvalue weighted by atomic mass is 16.5. The fourth-order valence-corrected chi connectivity index (χ4v) is 6.08. The first kappa shape index (κ1) is 49.9. The monoisotopic (exact) mass is 700 g/mol. The van der Waals surface area contributed by atoms with Gasteiger partial charge in [-0.1, -0.05) is 144 Å². The minimum absolute atomic E-state index is 0.0179. The molecule has 0 amide bonds. The summed E-state index contributed by atoms with van der Waals surface area (Å²) in [6.45, 7) is 12.2. The average Bonchev–Trinajstić information content (AvgIpc) is 3.08. The van der Waals surface area contributed by atoms with Crippen molar-refractivity contribution < 1.29 is 29.3 Å². The Kier molecular flexibility index (Phi) is 40.4. The van der Waals surface area contributed by atoms with Crippen LogP contribution in [0.4, 0.5) is 0 Å². The zero-order valence-corrected chi connectivity index (χ0v) is 33.6. The lowest BCUT2D eigenvalue weighted by molar-refractivity contribution is -0.150. The second-order valence-corrected chi connectivity index (χ2v) is 14.4. The Hall–Kier alpha value is -1.18. The third-order valence-electron chi connectivity index (χ3n) is 9.42. The lowest BCUT2D eigenvalue weighted by Gasteiger charge is -2.19. The van der Waals surface area contributed by atoms with Gasteiger partial charge in [0.2, 0.25) is 0 Å². The molecule has 3 unspecified atom stereocenters. The molecule has 0 heterocycles. The Balaban J connectivity index is 0. The minimum Gasteiger partial charge on any atom is -0.462 e. The summed E-state index contributed by atoms with van der Waals surface area (Å²) in [5, 5.41) is 18.8. The first-order chi connectivity index (χ1) is 23.8. The number of ether oxygens (including phenoxy) is 2. The summed E-state index contributed by atoms with van der Waals surface area (Å²) >= 11 is 0. The third-order valence-corrected chi connectivity index (χ3v) is 9.42. The summed E-state index contributed by atoms with van der Waals surface area (Å²) in [4.78, 5) is 25.8. The van der Waals surface area contributed by atoms with E-state index >= 15 is 0 Å². The van der Waals surface area contributed by atoms with Crippen LogP contribution in [0.15, 0.2) is 0 Å². The third kappa shape index (κ3) is 37.9. The minimum atomic E-state index is -0.366. The first-order valence-electron chi connectivity index (χ1n) is 21.1. The number of carbonyl (C=O) groups is 2. The maximum atomic E-state index is 12.0. The Morgan fingerprint density at radius 1 is 0.531 bits per heavy atom. The zero-order chi connectivity index (χ0) is 36.8. The molecule has 7 nitrogen and oxygen atoms in total. The summed E-state index contributed by atoms with van der Waals surface area (Å²) < 4.78 is 11.2. The van der Waals surface area contributed by atoms with Crippen molar-refractivity contribution in [3.63, 3.8) is 0 Å². The zero-order valence-electron chi connectivity index (χ0n) is 33.6. The van der Waals surface area contributed by atoms with Gasteiger partial charge in [-0.15, -0.1) is 0 Å². The molecule has 0 aliphatic heterocycles. The smallest absolute Gasteiger partial charge is 0.306 e. The summed E-state index contributed by atoms with van der Waals surface area (Å²) in [6.07, 6.45) is 31.0. The topological polar surface area (TPSA) is 96.3 Å². The number of aliphatic hydroxyl groups is 2. The number of carbonyl (C=O) groups excluding carboxylic acids is 2. The van der Waals surface area contributed by atoms with Gasteiger partial charge in [0.25, 0.3) is 0 Å². The first-order valence-corrected chi connectivity index (χ1v) is 21.1. The van der Waals surface area contributed by atoms with E-state index in [1.165, 1.54) is 96.3 Å². The van der Waals surface area contributed by atoms with Crippen molar-refractivity contribution in [2.45, 2.75) is 233 Å². The van der Waals surface area contributed by atoms with Crippen molar-refractivity contribution in [1.29, 1.82) is 0 Å². The molecule has 0 aromatic carbocycles. The van der Waals surface area contributed by atoms with Crippen LogP contribution in [-0.2, 0) is 19.1 Å². The van der Waals surface area contributed by atoms with E-state index in [9.17, 15) is 14.7 Å². The predicted octanol–water partition coefficient (Wildman–Crippen LogP) is 11.1. The van der Waals surface area contributed by atoms with Crippen molar-refractivity contribution in [2.24, 2.45) is 0 Å². The molecule has 0 rings (SSSR count). The van der Waals surface area contributed by atoms with Crippen molar-refractivity contribution in [1.82, 2.24) is 4.90 Å². The van der Waals surface area contributed by atoms with Gasteiger partial charge in [-0.25, -0.2) is 0 Å². The van der Waals surface area contributed by atoms with Crippen LogP contribution >= 0.6 is 0 Å². The quantitative estimate of drug-likeness (QED) is 0.0502. The van der Waals surface area contributed by atoms with E-state index in [4.69, 9.17) is 14.6 Å². The molecule has 294 valence electrons. The van der Waals surface area contributed by atoms with E-state index in [0.29, 0.717) is 25.9 Å². The van der Waals surface area contributed by atoms with E-state index in [-0.39, 0.29) is 36.9 Å². The molecule has 0 saturated carbocycles. The van der Waals surface area contributed by atoms with Crippen LogP contribution in [0.5, 0.6) is 0 Å². The second-order valence-electron chi connectivity index (χ2n) is 14.4. The molecule has 0 fully saturated rings. The van der Waals surface area contributed by atoms with Crippen molar-refractivity contribution in [3.05, 3.63) is 0 Å². The highest BCUT2D eigenvalue weighted by Gasteiger charge is 2.14. The molecule has 0 saturated heterocycles. The van der Waals surface area contributed by atoms with Crippen LogP contribution in [0, 0.1) is 0 Å². The number of nitrogens with zero attached hydrogens (tertiary/aromatic N) is 1. The van der Waals surface area contributed by atoms with Crippen LogP contribution in [0.2, 0.25) is 0 Å². The molecule has 3 atom stereocenters. The molecule has 0 aliphatic carbocycles. The number of aliphatic hydroxyl groups excluding tert-OH is 2. The molecule has 0 bridgehead atoms. The molecular formula is C42H85NO6. The summed E-state index contributed by atoms with van der Waals surface area (Å²) in [5.41, 5.74) is 0. The van der Waals surface area contributed by atoms with E-state index < -0.39 is 0 Å². The standard InChI is InChI=1S/C23H47NO4.C19H38O2/c1-4-6-7-8-9-10-13-16-22(5-2)28-23(27)17-14-11-12-15-21(26)20-24(3)18-19-25;1-4-7-9-11-13-14-16-18(6-3)21-19(20)17-15-12-10-8-5-2/h21-22,25-26H,4-20H2,1-3H3;18H,4-17H2,1-3H3. The molecule has 0 spiro atoms. The maximum Gasteiger partial charge on any atom is 0.306 e. The van der Waals surface area contributed by atoms with E-state index in [1.807, 2.05) is 11.9 Å². The Morgan fingerprint density at radius 3 is 1.27 bits per heavy atom. The number of rotatable bonds is 35. The normalized spacial score (nSPS) is 13.1. The largest absolute Gasteiger partial charge is 0.462 e. The highest BCUT2D eigenvalue weighted by Crippen LogP contribution is 2.16. The number of hydrogen-bond donors (Lipinski definition) is 2. The van der Waals surface area contributed by atoms with Gasteiger partial charge in [0.05, 0.1) is 12.7 Å². The fraction of sp³-hybridized carbons (Fsp3) is 0.952. The average molecular weight is 700 g/mol. The maximum absolute atomic E-state index is 12.0. The summed E-state index contributed by atoms with van der Waals surface area (Å²) in [7, 11) is 1.89. The van der Waals surface area contributed by atoms with Crippen molar-refractivity contribution in [3.8, 4) is 0 Å². The van der Waals surface area contributed by atoms with E-state index in [0.717, 1.165) is 70.6 Å². The second kappa shape index (κ2) is 39.6. The van der Waals surface area contributed by atoms with Crippen LogP contribution in [0.25, 0.3) is 0 Å². The number of likely N-dealkylation sites (N-methyl/N-ethyl adjacent to an activating group) is 1. The number of esters is 2. The summed E-state index contributed by atoms with van der Waals surface area (Å²) in [5.74, 6) is -0.0534. The number of unbranched alkanes of at least 4 members (excludes halogenated alkanes) is 17. The van der Waals surface area contributed by atoms with Gasteiger partial charge in [0, 0.05) is 25.9 Å². The van der Waals surface area contributed by atoms with Gasteiger partial charge < -0.3 is 24.6 Å². The van der Waals surface area contributed by atoms with Gasteiger partial charge in [-0.05, 0) is 64.8 Å². The lowest BCUT2D eigenvalue weighted by atomic mass is 10.1. The molecule has 0 aliphatic rings. The molecule has 7 heteroatoms. The van der Waals surface area contributed by atoms with E-state index in [1.54, 1.807) is 0 Å². The SMILES string of the molecule is CCCCCCCCC(CC)OC(=O)CCCCCCC.CCCCCCCCCC(CC)OC(=O)CCCCCC(O)CN(C)CCO. The van der Waals surface area contributed by atoms with Crippen LogP contribution in [0.1, 0.15) is 214 Å². The fourth-order valence-electron chi connectivity index (χ4n) is 6.08. The van der Waals surface area contributed by atoms with Crippen LogP contribution in [0.3, 0.4) is 0 Å². The van der Waals surface area contributed by atoms with E-state index in [2.05, 4.69) is 34.6 Å². The lowest BCUT2D eigenvalue weighted by Crippen LogP contribution is -2.31. The van der Waals surface area contributed by atoms with Gasteiger partial charge in [-0.3, -0.25) is 9.59 Å². The van der Waals surface area contributed by atoms with Crippen LogP contribution < -0.4 is 0 Å². The van der Waals surface area contributed by atoms with Gasteiger partial charge in [0.15, 0.2) is 0 Å². The molecule has 49 heavy (non-hydrogen) atoms. The molecule has 2 N–H and O–H groups in total. The van der Waals surface area contributed by atoms with Gasteiger partial charge in [-0.2, -0.15) is 0 Å². The van der Waals surface area contributed by atoms with Crippen LogP contribution in [-0.4, -0.2) is 72.1 Å². The van der Waals surface area contributed by atoms with Crippen molar-refractivity contribution >= 4 is 11.9 Å². The Labute approximate surface area is 305 Å². The molecule has 0 radical (unpaired) electrons.